The highest BCUT2D eigenvalue weighted by Gasteiger charge is 2.73. The molecule has 5 atom stereocenters. The van der Waals surface area contributed by atoms with Crippen LogP contribution in [0.25, 0.3) is 0 Å². The maximum absolute atomic E-state index is 14.9. The molecule has 3 aliphatic carbocycles. The van der Waals surface area contributed by atoms with E-state index in [4.69, 9.17) is 20.8 Å². The summed E-state index contributed by atoms with van der Waals surface area (Å²) in [4.78, 5) is 0. The Balaban J connectivity index is 1.80. The van der Waals surface area contributed by atoms with Gasteiger partial charge in [0.1, 0.15) is 5.75 Å². The van der Waals surface area contributed by atoms with Gasteiger partial charge in [0.2, 0.25) is 0 Å². The number of aryl methyl sites for hydroxylation is 1. The molecular formula is C24H32ClF3O2Si. The van der Waals surface area contributed by atoms with Gasteiger partial charge in [-0.1, -0.05) is 30.7 Å². The van der Waals surface area contributed by atoms with Gasteiger partial charge in [-0.3, -0.25) is 0 Å². The third-order valence-corrected chi connectivity index (χ3v) is 9.21. The fourth-order valence-electron chi connectivity index (χ4n) is 6.67. The van der Waals surface area contributed by atoms with Crippen molar-refractivity contribution in [3.8, 4) is 5.75 Å². The first kappa shape index (κ1) is 23.2. The van der Waals surface area contributed by atoms with Crippen molar-refractivity contribution in [1.82, 2.24) is 0 Å². The molecule has 4 rings (SSSR count). The first-order valence-electron chi connectivity index (χ1n) is 11.1. The predicted octanol–water partition coefficient (Wildman–Crippen LogP) is 7.44. The highest BCUT2D eigenvalue weighted by atomic mass is 35.5. The predicted molar refractivity (Wildman–Crippen MR) is 120 cm³/mol. The lowest BCUT2D eigenvalue weighted by Gasteiger charge is -2.62. The summed E-state index contributed by atoms with van der Waals surface area (Å²) in [7, 11) is -0.903. The Hall–Kier alpha value is -0.983. The van der Waals surface area contributed by atoms with Crippen molar-refractivity contribution < 1.29 is 22.3 Å². The van der Waals surface area contributed by atoms with Gasteiger partial charge in [0.25, 0.3) is 0 Å². The molecule has 0 saturated heterocycles. The number of ether oxygens (including phenoxy) is 1. The lowest BCUT2D eigenvalue weighted by Crippen LogP contribution is -2.68. The van der Waals surface area contributed by atoms with Crippen molar-refractivity contribution >= 4 is 19.9 Å². The number of hydrogen-bond acceptors (Lipinski definition) is 2. The van der Waals surface area contributed by atoms with E-state index in [9.17, 15) is 13.2 Å². The van der Waals surface area contributed by atoms with E-state index in [-0.39, 0.29) is 22.8 Å². The molecule has 0 heterocycles. The molecule has 0 bridgehead atoms. The zero-order chi connectivity index (χ0) is 22.8. The summed E-state index contributed by atoms with van der Waals surface area (Å²) in [6.07, 6.45) is 0.527. The number of benzene rings is 1. The van der Waals surface area contributed by atoms with Crippen LogP contribution in [0.3, 0.4) is 0 Å². The molecule has 0 amide bonds. The van der Waals surface area contributed by atoms with Crippen LogP contribution in [0.2, 0.25) is 19.6 Å². The maximum atomic E-state index is 14.9. The van der Waals surface area contributed by atoms with E-state index in [1.807, 2.05) is 25.7 Å². The van der Waals surface area contributed by atoms with E-state index in [1.165, 1.54) is 11.1 Å². The van der Waals surface area contributed by atoms with E-state index in [0.29, 0.717) is 19.3 Å². The van der Waals surface area contributed by atoms with Gasteiger partial charge in [-0.05, 0) is 92.8 Å². The van der Waals surface area contributed by atoms with Crippen LogP contribution in [-0.4, -0.2) is 27.2 Å². The smallest absolute Gasteiger partial charge is 0.422 e. The van der Waals surface area contributed by atoms with Crippen molar-refractivity contribution in [2.45, 2.75) is 76.4 Å². The lowest BCUT2D eigenvalue weighted by molar-refractivity contribution is -0.292. The fraction of sp³-hybridized carbons (Fsp3) is 0.667. The molecule has 0 unspecified atom stereocenters. The van der Waals surface area contributed by atoms with Crippen molar-refractivity contribution in [3.05, 3.63) is 40.4 Å². The van der Waals surface area contributed by atoms with Crippen molar-refractivity contribution in [3.63, 3.8) is 0 Å². The summed E-state index contributed by atoms with van der Waals surface area (Å²) >= 11 is 6.45. The van der Waals surface area contributed by atoms with E-state index in [1.54, 1.807) is 20.1 Å². The second kappa shape index (κ2) is 7.52. The molecule has 1 saturated carbocycles. The SMILES string of the molecule is COc1ccc2c(c1)CC[C@@H]1[C@@H]2CC[C@@]2(C)[C@H]1CC=C(Cl)[C@@]2(O[Si](C)(C)C)C(F)(F)F. The minimum absolute atomic E-state index is 0.123. The van der Waals surface area contributed by atoms with Crippen LogP contribution in [0.5, 0.6) is 5.75 Å². The van der Waals surface area contributed by atoms with Gasteiger partial charge in [0.05, 0.1) is 12.1 Å². The van der Waals surface area contributed by atoms with Crippen LogP contribution >= 0.6 is 11.6 Å². The summed E-state index contributed by atoms with van der Waals surface area (Å²) in [5.41, 5.74) is -0.944. The molecule has 1 aromatic rings. The second-order valence-corrected chi connectivity index (χ2v) is 15.5. The molecule has 0 aliphatic heterocycles. The van der Waals surface area contributed by atoms with Crippen molar-refractivity contribution in [2.24, 2.45) is 17.3 Å². The molecule has 0 aromatic heterocycles. The Morgan fingerprint density at radius 3 is 2.48 bits per heavy atom. The van der Waals surface area contributed by atoms with Gasteiger partial charge in [0.15, 0.2) is 13.9 Å². The van der Waals surface area contributed by atoms with Crippen LogP contribution in [0.4, 0.5) is 13.2 Å². The Bertz CT molecular complexity index is 894. The summed E-state index contributed by atoms with van der Waals surface area (Å²) < 4.78 is 56.2. The standard InChI is InChI=1S/C24H32ClF3O2Si/c1-22-13-12-18-17-9-7-16(29-2)14-15(17)6-8-19(18)20(22)10-11-21(25)23(22,24(26,27)28)30-31(3,4)5/h7,9,11,14,18-20H,6,8,10,12-13H2,1-5H3/t18-,19-,20+,22+,23+/m1/s1. The molecule has 3 aliphatic rings. The minimum Gasteiger partial charge on any atom is -0.497 e. The first-order valence-corrected chi connectivity index (χ1v) is 14.9. The van der Waals surface area contributed by atoms with Crippen LogP contribution in [0.1, 0.15) is 49.7 Å². The topological polar surface area (TPSA) is 18.5 Å². The van der Waals surface area contributed by atoms with Gasteiger partial charge in [-0.2, -0.15) is 13.2 Å². The number of halogens is 4. The van der Waals surface area contributed by atoms with Gasteiger partial charge in [-0.15, -0.1) is 0 Å². The van der Waals surface area contributed by atoms with Crippen LogP contribution < -0.4 is 4.74 Å². The normalized spacial score (nSPS) is 35.5. The van der Waals surface area contributed by atoms with Gasteiger partial charge in [0, 0.05) is 5.41 Å². The third kappa shape index (κ3) is 3.48. The first-order chi connectivity index (χ1) is 14.3. The van der Waals surface area contributed by atoms with Gasteiger partial charge >= 0.3 is 6.18 Å². The average Bonchev–Trinajstić information content (AvgIpc) is 2.67. The molecule has 0 radical (unpaired) electrons. The van der Waals surface area contributed by atoms with Crippen molar-refractivity contribution in [2.75, 3.05) is 7.11 Å². The van der Waals surface area contributed by atoms with Crippen LogP contribution in [-0.2, 0) is 10.8 Å². The number of methoxy groups -OCH3 is 1. The number of allylic oxidation sites excluding steroid dienone is 1. The average molecular weight is 473 g/mol. The molecule has 2 nitrogen and oxygen atoms in total. The summed E-state index contributed by atoms with van der Waals surface area (Å²) in [5.74, 6) is 1.18. The summed E-state index contributed by atoms with van der Waals surface area (Å²) in [6, 6.07) is 6.18. The van der Waals surface area contributed by atoms with E-state index >= 15 is 0 Å². The van der Waals surface area contributed by atoms with E-state index in [0.717, 1.165) is 18.6 Å². The third-order valence-electron chi connectivity index (χ3n) is 7.87. The summed E-state index contributed by atoms with van der Waals surface area (Å²) in [6.45, 7) is 7.23. The van der Waals surface area contributed by atoms with E-state index < -0.39 is 25.5 Å². The second-order valence-electron chi connectivity index (χ2n) is 10.6. The summed E-state index contributed by atoms with van der Waals surface area (Å²) in [5, 5.41) is -0.166. The van der Waals surface area contributed by atoms with Crippen LogP contribution in [0, 0.1) is 17.3 Å². The number of fused-ring (bicyclic) bond motifs is 5. The highest BCUT2D eigenvalue weighted by molar-refractivity contribution is 6.70. The molecule has 1 aromatic carbocycles. The molecule has 31 heavy (non-hydrogen) atoms. The Morgan fingerprint density at radius 1 is 1.16 bits per heavy atom. The van der Waals surface area contributed by atoms with Gasteiger partial charge < -0.3 is 9.16 Å². The molecule has 0 N–H and O–H groups in total. The molecular weight excluding hydrogens is 441 g/mol. The minimum atomic E-state index is -4.57. The van der Waals surface area contributed by atoms with Gasteiger partial charge in [-0.25, -0.2) is 0 Å². The van der Waals surface area contributed by atoms with Crippen LogP contribution in [0.15, 0.2) is 29.3 Å². The molecule has 7 heteroatoms. The Morgan fingerprint density at radius 2 is 1.87 bits per heavy atom. The maximum Gasteiger partial charge on any atom is 0.422 e. The quantitative estimate of drug-likeness (QED) is 0.425. The lowest BCUT2D eigenvalue weighted by atomic mass is 9.47. The molecule has 1 fully saturated rings. The number of rotatable bonds is 3. The van der Waals surface area contributed by atoms with E-state index in [2.05, 4.69) is 12.1 Å². The number of alkyl halides is 3. The largest absolute Gasteiger partial charge is 0.497 e. The fourth-order valence-corrected chi connectivity index (χ4v) is 8.56. The monoisotopic (exact) mass is 472 g/mol. The molecule has 0 spiro atoms. The molecule has 172 valence electrons. The zero-order valence-corrected chi connectivity index (χ0v) is 20.7. The number of hydrogen-bond donors (Lipinski definition) is 0. The Labute approximate surface area is 189 Å². The Kier molecular flexibility index (Phi) is 5.63. The van der Waals surface area contributed by atoms with Crippen molar-refractivity contribution in [1.29, 1.82) is 0 Å². The zero-order valence-electron chi connectivity index (χ0n) is 18.9. The highest BCUT2D eigenvalue weighted by Crippen LogP contribution is 2.67.